The van der Waals surface area contributed by atoms with Crippen molar-refractivity contribution in [3.8, 4) is 5.75 Å². The zero-order chi connectivity index (χ0) is 19.1. The van der Waals surface area contributed by atoms with Gasteiger partial charge in [-0.2, -0.15) is 0 Å². The van der Waals surface area contributed by atoms with Crippen molar-refractivity contribution >= 4 is 18.1 Å². The van der Waals surface area contributed by atoms with Crippen LogP contribution in [0.2, 0.25) is 13.6 Å². The van der Waals surface area contributed by atoms with E-state index in [1.54, 1.807) is 0 Å². The average molecular weight is 357 g/mol. The lowest BCUT2D eigenvalue weighted by atomic mass is 9.49. The number of carbonyl (C=O) groups is 1. The highest BCUT2D eigenvalue weighted by Crippen LogP contribution is 2.22. The first kappa shape index (κ1) is 18.8. The third-order valence-corrected chi connectivity index (χ3v) is 4.45. The van der Waals surface area contributed by atoms with Gasteiger partial charge in [-0.05, 0) is 17.7 Å². The Morgan fingerprint density at radius 1 is 0.889 bits per heavy atom. The Kier molecular flexibility index (Phi) is 6.32. The minimum Gasteiger partial charge on any atom is -0.476 e. The summed E-state index contributed by atoms with van der Waals surface area (Å²) in [5, 5.41) is 2.98. The van der Waals surface area contributed by atoms with E-state index < -0.39 is 6.10 Å². The maximum absolute atomic E-state index is 12.9. The second-order valence-electron chi connectivity index (χ2n) is 6.84. The third-order valence-electron chi connectivity index (χ3n) is 4.45. The van der Waals surface area contributed by atoms with E-state index in [2.05, 4.69) is 19.0 Å². The number of hydrogen-bond donors (Lipinski definition) is 1. The van der Waals surface area contributed by atoms with Crippen LogP contribution in [0.3, 0.4) is 0 Å². The molecule has 3 aromatic carbocycles. The minimum atomic E-state index is -0.695. The first-order chi connectivity index (χ1) is 13.1. The van der Waals surface area contributed by atoms with Crippen molar-refractivity contribution in [1.29, 1.82) is 0 Å². The molecule has 1 N–H and O–H groups in total. The zero-order valence-corrected chi connectivity index (χ0v) is 15.8. The van der Waals surface area contributed by atoms with Gasteiger partial charge in [-0.3, -0.25) is 4.79 Å². The van der Waals surface area contributed by atoms with Gasteiger partial charge in [0.25, 0.3) is 5.91 Å². The van der Waals surface area contributed by atoms with E-state index in [-0.39, 0.29) is 5.91 Å². The highest BCUT2D eigenvalue weighted by atomic mass is 16.5. The van der Waals surface area contributed by atoms with Gasteiger partial charge >= 0.3 is 0 Å². The molecule has 3 aromatic rings. The van der Waals surface area contributed by atoms with Crippen LogP contribution in [0.1, 0.15) is 17.2 Å². The molecule has 0 aliphatic carbocycles. The molecule has 0 saturated heterocycles. The highest BCUT2D eigenvalue weighted by molar-refractivity contribution is 6.70. The molecule has 0 aliphatic rings. The fourth-order valence-electron chi connectivity index (χ4n) is 2.85. The first-order valence-corrected chi connectivity index (χ1v) is 9.26. The van der Waals surface area contributed by atoms with E-state index >= 15 is 0 Å². The smallest absolute Gasteiger partial charge is 0.266 e. The summed E-state index contributed by atoms with van der Waals surface area (Å²) >= 11 is 0. The molecule has 0 aromatic heterocycles. The summed E-state index contributed by atoms with van der Waals surface area (Å²) in [6.07, 6.45) is -0.695. The molecule has 1 unspecified atom stereocenters. The topological polar surface area (TPSA) is 38.3 Å². The standard InChI is InChI=1S/C23H24BNO2/c1-24(2)20-13-15-21(16-14-20)27-22(19-11-7-4-8-12-19)23(26)25-17-18-9-5-3-6-10-18/h3-16,22H,17H2,1-2H3,(H,25,26). The fourth-order valence-corrected chi connectivity index (χ4v) is 2.85. The molecule has 0 bridgehead atoms. The van der Waals surface area contributed by atoms with E-state index in [0.29, 0.717) is 19.0 Å². The van der Waals surface area contributed by atoms with Gasteiger partial charge in [-0.25, -0.2) is 0 Å². The van der Waals surface area contributed by atoms with Crippen LogP contribution in [0.25, 0.3) is 0 Å². The van der Waals surface area contributed by atoms with Gasteiger partial charge in [0.15, 0.2) is 6.71 Å². The number of benzene rings is 3. The van der Waals surface area contributed by atoms with Crippen molar-refractivity contribution in [3.05, 3.63) is 96.1 Å². The third kappa shape index (κ3) is 5.24. The summed E-state index contributed by atoms with van der Waals surface area (Å²) in [7, 11) is 0. The van der Waals surface area contributed by atoms with Crippen molar-refractivity contribution < 1.29 is 9.53 Å². The summed E-state index contributed by atoms with van der Waals surface area (Å²) in [5.74, 6) is 0.529. The SMILES string of the molecule is CB(C)c1ccc(OC(C(=O)NCc2ccccc2)c2ccccc2)cc1. The molecule has 0 radical (unpaired) electrons. The fraction of sp³-hybridized carbons (Fsp3) is 0.174. The molecule has 27 heavy (non-hydrogen) atoms. The maximum Gasteiger partial charge on any atom is 0.266 e. The van der Waals surface area contributed by atoms with Crippen LogP contribution < -0.4 is 15.5 Å². The second-order valence-corrected chi connectivity index (χ2v) is 6.84. The van der Waals surface area contributed by atoms with E-state index in [0.717, 1.165) is 11.1 Å². The summed E-state index contributed by atoms with van der Waals surface area (Å²) in [6.45, 7) is 5.23. The van der Waals surface area contributed by atoms with Gasteiger partial charge in [0.2, 0.25) is 6.10 Å². The average Bonchev–Trinajstić information content (AvgIpc) is 2.72. The predicted molar refractivity (Wildman–Crippen MR) is 112 cm³/mol. The van der Waals surface area contributed by atoms with Crippen LogP contribution in [0.5, 0.6) is 5.75 Å². The largest absolute Gasteiger partial charge is 0.476 e. The van der Waals surface area contributed by atoms with E-state index in [4.69, 9.17) is 4.74 Å². The molecule has 3 rings (SSSR count). The number of rotatable bonds is 7. The summed E-state index contributed by atoms with van der Waals surface area (Å²) in [5.41, 5.74) is 3.13. The number of ether oxygens (including phenoxy) is 1. The van der Waals surface area contributed by atoms with E-state index in [1.165, 1.54) is 5.46 Å². The van der Waals surface area contributed by atoms with Crippen molar-refractivity contribution in [2.75, 3.05) is 0 Å². The zero-order valence-electron chi connectivity index (χ0n) is 15.8. The first-order valence-electron chi connectivity index (χ1n) is 9.26. The normalized spacial score (nSPS) is 11.5. The Morgan fingerprint density at radius 3 is 2.07 bits per heavy atom. The van der Waals surface area contributed by atoms with Crippen molar-refractivity contribution in [2.45, 2.75) is 26.3 Å². The Balaban J connectivity index is 1.75. The predicted octanol–water partition coefficient (Wildman–Crippen LogP) is 4.08. The van der Waals surface area contributed by atoms with Gasteiger partial charge in [0.1, 0.15) is 5.75 Å². The lowest BCUT2D eigenvalue weighted by Gasteiger charge is -2.19. The van der Waals surface area contributed by atoms with E-state index in [1.807, 2.05) is 84.9 Å². The van der Waals surface area contributed by atoms with Gasteiger partial charge in [0, 0.05) is 12.1 Å². The van der Waals surface area contributed by atoms with E-state index in [9.17, 15) is 4.79 Å². The second kappa shape index (κ2) is 9.08. The molecule has 0 spiro atoms. The molecule has 0 aliphatic heterocycles. The molecule has 1 atom stereocenters. The molecular formula is C23H24BNO2. The van der Waals surface area contributed by atoms with Gasteiger partial charge in [-0.15, -0.1) is 0 Å². The van der Waals surface area contributed by atoms with Crippen molar-refractivity contribution in [1.82, 2.24) is 5.32 Å². The molecule has 136 valence electrons. The van der Waals surface area contributed by atoms with Crippen LogP contribution in [0.4, 0.5) is 0 Å². The van der Waals surface area contributed by atoms with Crippen molar-refractivity contribution in [2.24, 2.45) is 0 Å². The number of hydrogen-bond acceptors (Lipinski definition) is 2. The number of carbonyl (C=O) groups excluding carboxylic acids is 1. The number of nitrogens with one attached hydrogen (secondary N) is 1. The van der Waals surface area contributed by atoms with Crippen LogP contribution >= 0.6 is 0 Å². The molecule has 0 saturated carbocycles. The molecule has 0 heterocycles. The number of amides is 1. The molecule has 0 fully saturated rings. The molecular weight excluding hydrogens is 333 g/mol. The minimum absolute atomic E-state index is 0.155. The highest BCUT2D eigenvalue weighted by Gasteiger charge is 2.22. The molecule has 1 amide bonds. The van der Waals surface area contributed by atoms with Gasteiger partial charge in [0.05, 0.1) is 0 Å². The maximum atomic E-state index is 12.9. The van der Waals surface area contributed by atoms with Crippen LogP contribution in [-0.2, 0) is 11.3 Å². The molecule has 3 nitrogen and oxygen atoms in total. The Hall–Kier alpha value is -3.01. The quantitative estimate of drug-likeness (QED) is 0.647. The lowest BCUT2D eigenvalue weighted by molar-refractivity contribution is -0.128. The lowest BCUT2D eigenvalue weighted by Crippen LogP contribution is -2.32. The summed E-state index contributed by atoms with van der Waals surface area (Å²) in [6, 6.07) is 27.4. The van der Waals surface area contributed by atoms with Crippen LogP contribution in [0.15, 0.2) is 84.9 Å². The van der Waals surface area contributed by atoms with Crippen LogP contribution in [0, 0.1) is 0 Å². The Bertz CT molecular complexity index is 849. The van der Waals surface area contributed by atoms with Gasteiger partial charge < -0.3 is 10.1 Å². The monoisotopic (exact) mass is 357 g/mol. The van der Waals surface area contributed by atoms with Crippen molar-refractivity contribution in [3.63, 3.8) is 0 Å². The van der Waals surface area contributed by atoms with Crippen LogP contribution in [-0.4, -0.2) is 12.6 Å². The van der Waals surface area contributed by atoms with Gasteiger partial charge in [-0.1, -0.05) is 91.9 Å². The summed E-state index contributed by atoms with van der Waals surface area (Å²) in [4.78, 5) is 12.9. The Morgan fingerprint density at radius 2 is 1.48 bits per heavy atom. The summed E-state index contributed by atoms with van der Waals surface area (Å²) < 4.78 is 6.07. The Labute approximate surface area is 161 Å². The molecule has 4 heteroatoms.